The van der Waals surface area contributed by atoms with E-state index >= 15 is 0 Å². The van der Waals surface area contributed by atoms with Crippen LogP contribution in [-0.2, 0) is 11.3 Å². The van der Waals surface area contributed by atoms with E-state index in [1.54, 1.807) is 25.3 Å². The maximum atomic E-state index is 9.62. The molecule has 0 aliphatic rings. The highest BCUT2D eigenvalue weighted by Gasteiger charge is 2.08. The second-order valence-corrected chi connectivity index (χ2v) is 3.88. The van der Waals surface area contributed by atoms with Gasteiger partial charge in [-0.25, -0.2) is 0 Å². The van der Waals surface area contributed by atoms with Crippen molar-refractivity contribution in [2.75, 3.05) is 27.3 Å². The lowest BCUT2D eigenvalue weighted by Gasteiger charge is -2.17. The Labute approximate surface area is 95.2 Å². The van der Waals surface area contributed by atoms with E-state index in [-0.39, 0.29) is 5.75 Å². The number of methoxy groups -OCH3 is 1. The minimum atomic E-state index is 0.242. The standard InChI is InChI=1S/C11H16ClNO2/c1-13(6-7-15-2)8-9-10(12)4-3-5-11(9)14/h3-5,14H,6-8H2,1-2H3. The summed E-state index contributed by atoms with van der Waals surface area (Å²) < 4.78 is 4.97. The van der Waals surface area contributed by atoms with Crippen LogP contribution in [0, 0.1) is 0 Å². The van der Waals surface area contributed by atoms with Crippen molar-refractivity contribution in [2.45, 2.75) is 6.54 Å². The predicted molar refractivity (Wildman–Crippen MR) is 61.3 cm³/mol. The minimum absolute atomic E-state index is 0.242. The Morgan fingerprint density at radius 1 is 1.47 bits per heavy atom. The summed E-state index contributed by atoms with van der Waals surface area (Å²) in [5, 5.41) is 10.2. The summed E-state index contributed by atoms with van der Waals surface area (Å²) in [5.74, 6) is 0.242. The number of hydrogen-bond donors (Lipinski definition) is 1. The number of aromatic hydroxyl groups is 1. The molecule has 0 heterocycles. The van der Waals surface area contributed by atoms with E-state index in [4.69, 9.17) is 16.3 Å². The van der Waals surface area contributed by atoms with Crippen molar-refractivity contribution < 1.29 is 9.84 Å². The zero-order chi connectivity index (χ0) is 11.3. The summed E-state index contributed by atoms with van der Waals surface area (Å²) in [7, 11) is 3.63. The van der Waals surface area contributed by atoms with Crippen molar-refractivity contribution in [3.05, 3.63) is 28.8 Å². The molecule has 15 heavy (non-hydrogen) atoms. The molecule has 0 saturated carbocycles. The van der Waals surface area contributed by atoms with Gasteiger partial charge in [-0.2, -0.15) is 0 Å². The van der Waals surface area contributed by atoms with Gasteiger partial charge in [0.05, 0.1) is 6.61 Å². The minimum Gasteiger partial charge on any atom is -0.508 e. The fourth-order valence-corrected chi connectivity index (χ4v) is 1.53. The third kappa shape index (κ3) is 3.70. The van der Waals surface area contributed by atoms with Crippen LogP contribution in [0.15, 0.2) is 18.2 Å². The number of hydrogen-bond acceptors (Lipinski definition) is 3. The van der Waals surface area contributed by atoms with Gasteiger partial charge in [0.25, 0.3) is 0 Å². The van der Waals surface area contributed by atoms with Crippen LogP contribution in [0.25, 0.3) is 0 Å². The summed E-state index contributed by atoms with van der Waals surface area (Å²) in [6.07, 6.45) is 0. The fourth-order valence-electron chi connectivity index (χ4n) is 1.30. The lowest BCUT2D eigenvalue weighted by Crippen LogP contribution is -2.22. The van der Waals surface area contributed by atoms with E-state index in [0.29, 0.717) is 18.2 Å². The summed E-state index contributed by atoms with van der Waals surface area (Å²) in [5.41, 5.74) is 0.762. The lowest BCUT2D eigenvalue weighted by atomic mass is 10.2. The van der Waals surface area contributed by atoms with Gasteiger partial charge in [0.15, 0.2) is 0 Å². The monoisotopic (exact) mass is 229 g/mol. The molecule has 1 N–H and O–H groups in total. The summed E-state index contributed by atoms with van der Waals surface area (Å²) in [6.45, 7) is 2.09. The van der Waals surface area contributed by atoms with E-state index in [9.17, 15) is 5.11 Å². The number of phenols is 1. The molecule has 1 aromatic rings. The van der Waals surface area contributed by atoms with E-state index in [0.717, 1.165) is 12.1 Å². The smallest absolute Gasteiger partial charge is 0.121 e. The molecule has 0 aliphatic carbocycles. The highest BCUT2D eigenvalue weighted by molar-refractivity contribution is 6.31. The molecule has 0 atom stereocenters. The van der Waals surface area contributed by atoms with Gasteiger partial charge >= 0.3 is 0 Å². The van der Waals surface area contributed by atoms with Crippen LogP contribution in [0.5, 0.6) is 5.75 Å². The molecule has 84 valence electrons. The van der Waals surface area contributed by atoms with Gasteiger partial charge in [-0.1, -0.05) is 17.7 Å². The number of likely N-dealkylation sites (N-methyl/N-ethyl adjacent to an activating group) is 1. The van der Waals surface area contributed by atoms with Gasteiger partial charge in [-0.05, 0) is 19.2 Å². The van der Waals surface area contributed by atoms with Crippen LogP contribution >= 0.6 is 11.6 Å². The van der Waals surface area contributed by atoms with Crippen molar-refractivity contribution in [3.63, 3.8) is 0 Å². The molecule has 0 unspecified atom stereocenters. The molecule has 0 amide bonds. The SMILES string of the molecule is COCCN(C)Cc1c(O)cccc1Cl. The maximum Gasteiger partial charge on any atom is 0.121 e. The first-order valence-corrected chi connectivity index (χ1v) is 5.16. The molecule has 0 aliphatic heterocycles. The number of halogens is 1. The highest BCUT2D eigenvalue weighted by atomic mass is 35.5. The van der Waals surface area contributed by atoms with Gasteiger partial charge in [-0.3, -0.25) is 4.90 Å². The second kappa shape index (κ2) is 5.95. The Kier molecular flexibility index (Phi) is 4.88. The van der Waals surface area contributed by atoms with Gasteiger partial charge in [0.1, 0.15) is 5.75 Å². The normalized spacial score (nSPS) is 10.9. The van der Waals surface area contributed by atoms with Gasteiger partial charge < -0.3 is 9.84 Å². The van der Waals surface area contributed by atoms with Crippen LogP contribution < -0.4 is 0 Å². The molecular weight excluding hydrogens is 214 g/mol. The first-order valence-electron chi connectivity index (χ1n) is 4.79. The van der Waals surface area contributed by atoms with Crippen molar-refractivity contribution in [1.29, 1.82) is 0 Å². The quantitative estimate of drug-likeness (QED) is 0.840. The Balaban J connectivity index is 2.63. The lowest BCUT2D eigenvalue weighted by molar-refractivity contribution is 0.158. The number of rotatable bonds is 5. The predicted octanol–water partition coefficient (Wildman–Crippen LogP) is 2.12. The maximum absolute atomic E-state index is 9.62. The number of ether oxygens (including phenoxy) is 1. The zero-order valence-electron chi connectivity index (χ0n) is 9.03. The van der Waals surface area contributed by atoms with Gasteiger partial charge in [-0.15, -0.1) is 0 Å². The summed E-state index contributed by atoms with van der Waals surface area (Å²) >= 11 is 5.99. The van der Waals surface area contributed by atoms with Crippen LogP contribution in [0.2, 0.25) is 5.02 Å². The Hall–Kier alpha value is -0.770. The van der Waals surface area contributed by atoms with E-state index in [1.807, 2.05) is 11.9 Å². The average molecular weight is 230 g/mol. The number of nitrogens with zero attached hydrogens (tertiary/aromatic N) is 1. The van der Waals surface area contributed by atoms with Crippen molar-refractivity contribution >= 4 is 11.6 Å². The largest absolute Gasteiger partial charge is 0.508 e. The first kappa shape index (κ1) is 12.3. The molecular formula is C11H16ClNO2. The van der Waals surface area contributed by atoms with Gasteiger partial charge in [0, 0.05) is 30.8 Å². The molecule has 0 aromatic heterocycles. The molecule has 1 aromatic carbocycles. The zero-order valence-corrected chi connectivity index (χ0v) is 9.79. The summed E-state index contributed by atoms with van der Waals surface area (Å²) in [4.78, 5) is 2.05. The highest BCUT2D eigenvalue weighted by Crippen LogP contribution is 2.26. The van der Waals surface area contributed by atoms with Gasteiger partial charge in [0.2, 0.25) is 0 Å². The Morgan fingerprint density at radius 2 is 2.20 bits per heavy atom. The first-order chi connectivity index (χ1) is 7.15. The third-order valence-electron chi connectivity index (χ3n) is 2.20. The molecule has 0 radical (unpaired) electrons. The van der Waals surface area contributed by atoms with Crippen LogP contribution in [0.4, 0.5) is 0 Å². The number of benzene rings is 1. The van der Waals surface area contributed by atoms with Crippen LogP contribution in [-0.4, -0.2) is 37.3 Å². The van der Waals surface area contributed by atoms with Crippen LogP contribution in [0.3, 0.4) is 0 Å². The molecule has 0 spiro atoms. The topological polar surface area (TPSA) is 32.7 Å². The average Bonchev–Trinajstić information content (AvgIpc) is 2.21. The van der Waals surface area contributed by atoms with Crippen LogP contribution in [0.1, 0.15) is 5.56 Å². The molecule has 1 rings (SSSR count). The van der Waals surface area contributed by atoms with Crippen molar-refractivity contribution in [1.82, 2.24) is 4.90 Å². The van der Waals surface area contributed by atoms with E-state index < -0.39 is 0 Å². The molecule has 0 fully saturated rings. The number of phenolic OH excluding ortho intramolecular Hbond substituents is 1. The van der Waals surface area contributed by atoms with E-state index in [1.165, 1.54) is 0 Å². The van der Waals surface area contributed by atoms with Crippen molar-refractivity contribution in [2.24, 2.45) is 0 Å². The second-order valence-electron chi connectivity index (χ2n) is 3.47. The van der Waals surface area contributed by atoms with Crippen molar-refractivity contribution in [3.8, 4) is 5.75 Å². The van der Waals surface area contributed by atoms with E-state index in [2.05, 4.69) is 0 Å². The Bertz CT molecular complexity index is 297. The molecule has 0 bridgehead atoms. The summed E-state index contributed by atoms with van der Waals surface area (Å²) in [6, 6.07) is 5.16. The molecule has 0 saturated heterocycles. The Morgan fingerprint density at radius 3 is 2.80 bits per heavy atom. The fraction of sp³-hybridized carbons (Fsp3) is 0.455. The molecule has 4 heteroatoms. The molecule has 3 nitrogen and oxygen atoms in total. The third-order valence-corrected chi connectivity index (χ3v) is 2.55.